The summed E-state index contributed by atoms with van der Waals surface area (Å²) in [7, 11) is 0. The maximum atomic E-state index is 13.5. The minimum absolute atomic E-state index is 0.219. The molecule has 8 atom stereocenters. The fraction of sp³-hybridized carbons (Fsp3) is 0.960. The second-order valence-electron chi connectivity index (χ2n) is 10.9. The summed E-state index contributed by atoms with van der Waals surface area (Å²) in [6.07, 6.45) is 12.1. The molecule has 3 heteroatoms. The number of Topliss-reactive ketones (excluding diaryl/α,β-unsaturated/α-hetero) is 1. The Labute approximate surface area is 172 Å². The van der Waals surface area contributed by atoms with Gasteiger partial charge < -0.3 is 9.47 Å². The molecule has 4 aliphatic rings. The quantitative estimate of drug-likeness (QED) is 0.575. The summed E-state index contributed by atoms with van der Waals surface area (Å²) in [5.74, 6) is 2.55. The first-order valence-electron chi connectivity index (χ1n) is 12.2. The highest BCUT2D eigenvalue weighted by Crippen LogP contribution is 2.65. The minimum Gasteiger partial charge on any atom is -0.378 e. The Balaban J connectivity index is 1.52. The summed E-state index contributed by atoms with van der Waals surface area (Å²) in [5.41, 5.74) is 0.560. The number of rotatable bonds is 6. The van der Waals surface area contributed by atoms with E-state index in [1.807, 2.05) is 0 Å². The van der Waals surface area contributed by atoms with Crippen molar-refractivity contribution < 1.29 is 14.3 Å². The average Bonchev–Trinajstić information content (AvgIpc) is 3.01. The highest BCUT2D eigenvalue weighted by atomic mass is 16.5. The first-order chi connectivity index (χ1) is 13.4. The van der Waals surface area contributed by atoms with Gasteiger partial charge >= 0.3 is 0 Å². The molecule has 0 unspecified atom stereocenters. The van der Waals surface area contributed by atoms with Gasteiger partial charge in [0.05, 0.1) is 12.2 Å². The lowest BCUT2D eigenvalue weighted by atomic mass is 9.45. The Morgan fingerprint density at radius 2 is 1.57 bits per heavy atom. The van der Waals surface area contributed by atoms with Gasteiger partial charge in [-0.15, -0.1) is 0 Å². The highest BCUT2D eigenvalue weighted by molar-refractivity contribution is 5.83. The van der Waals surface area contributed by atoms with Gasteiger partial charge in [0, 0.05) is 25.6 Å². The molecule has 4 fully saturated rings. The molecule has 4 rings (SSSR count). The standard InChI is InChI=1S/C25H42O3/c1-5-13-27-18-9-11-24(3)17(15-18)16-21(26)23-19-7-8-22(28-14-6-2)25(19,4)12-10-20(23)24/h17-20,22-23H,5-16H2,1-4H3/t17-,18+,19-,20-,22-,23-,24+,25-/m1/s1. The average molecular weight is 391 g/mol. The Morgan fingerprint density at radius 3 is 2.32 bits per heavy atom. The van der Waals surface area contributed by atoms with E-state index in [9.17, 15) is 4.79 Å². The Morgan fingerprint density at radius 1 is 0.893 bits per heavy atom. The number of fused-ring (bicyclic) bond motifs is 5. The lowest BCUT2D eigenvalue weighted by molar-refractivity contribution is -0.166. The van der Waals surface area contributed by atoms with Crippen LogP contribution < -0.4 is 0 Å². The number of hydrogen-bond donors (Lipinski definition) is 0. The Bertz CT molecular complexity index is 574. The van der Waals surface area contributed by atoms with Crippen molar-refractivity contribution in [3.8, 4) is 0 Å². The highest BCUT2D eigenvalue weighted by Gasteiger charge is 2.63. The predicted octanol–water partition coefficient (Wildman–Crippen LogP) is 5.80. The van der Waals surface area contributed by atoms with E-state index in [1.54, 1.807) is 0 Å². The van der Waals surface area contributed by atoms with Crippen LogP contribution in [0.2, 0.25) is 0 Å². The molecule has 28 heavy (non-hydrogen) atoms. The molecule has 0 saturated heterocycles. The molecule has 4 aliphatic carbocycles. The maximum Gasteiger partial charge on any atom is 0.136 e. The first kappa shape index (κ1) is 20.8. The molecule has 0 aromatic carbocycles. The molecule has 0 radical (unpaired) electrons. The van der Waals surface area contributed by atoms with Crippen molar-refractivity contribution in [1.82, 2.24) is 0 Å². The van der Waals surface area contributed by atoms with Crippen LogP contribution in [0, 0.1) is 34.5 Å². The minimum atomic E-state index is 0.219. The Hall–Kier alpha value is -0.410. The number of carbonyl (C=O) groups excluding carboxylic acids is 1. The lowest BCUT2D eigenvalue weighted by Crippen LogP contribution is -2.57. The number of ether oxygens (including phenoxy) is 2. The van der Waals surface area contributed by atoms with E-state index in [-0.39, 0.29) is 5.41 Å². The van der Waals surface area contributed by atoms with Crippen LogP contribution in [0.15, 0.2) is 0 Å². The van der Waals surface area contributed by atoms with Gasteiger partial charge in [0.1, 0.15) is 5.78 Å². The smallest absolute Gasteiger partial charge is 0.136 e. The second kappa shape index (κ2) is 8.02. The maximum absolute atomic E-state index is 13.5. The summed E-state index contributed by atoms with van der Waals surface area (Å²) in [4.78, 5) is 13.5. The van der Waals surface area contributed by atoms with E-state index >= 15 is 0 Å². The van der Waals surface area contributed by atoms with Crippen LogP contribution in [0.25, 0.3) is 0 Å². The van der Waals surface area contributed by atoms with Gasteiger partial charge in [0.15, 0.2) is 0 Å². The third-order valence-electron chi connectivity index (χ3n) is 9.42. The van der Waals surface area contributed by atoms with E-state index in [4.69, 9.17) is 9.47 Å². The fourth-order valence-electron chi connectivity index (χ4n) is 7.81. The lowest BCUT2D eigenvalue weighted by Gasteiger charge is -2.60. The van der Waals surface area contributed by atoms with E-state index in [0.29, 0.717) is 47.1 Å². The van der Waals surface area contributed by atoms with Gasteiger partial charge in [-0.1, -0.05) is 27.7 Å². The van der Waals surface area contributed by atoms with Crippen molar-refractivity contribution >= 4 is 5.78 Å². The summed E-state index contributed by atoms with van der Waals surface area (Å²) < 4.78 is 12.4. The van der Waals surface area contributed by atoms with E-state index in [2.05, 4.69) is 27.7 Å². The number of carbonyl (C=O) groups is 1. The molecule has 0 N–H and O–H groups in total. The monoisotopic (exact) mass is 390 g/mol. The second-order valence-corrected chi connectivity index (χ2v) is 10.9. The van der Waals surface area contributed by atoms with Gasteiger partial charge in [0.2, 0.25) is 0 Å². The van der Waals surface area contributed by atoms with Crippen molar-refractivity contribution in [2.45, 2.75) is 104 Å². The molecule has 0 bridgehead atoms. The van der Waals surface area contributed by atoms with Crippen LogP contribution in [0.1, 0.15) is 91.9 Å². The largest absolute Gasteiger partial charge is 0.378 e. The number of ketones is 1. The summed E-state index contributed by atoms with van der Waals surface area (Å²) in [6, 6.07) is 0. The molecule has 0 amide bonds. The van der Waals surface area contributed by atoms with Crippen molar-refractivity contribution in [3.05, 3.63) is 0 Å². The molecule has 0 spiro atoms. The fourth-order valence-corrected chi connectivity index (χ4v) is 7.81. The van der Waals surface area contributed by atoms with Crippen molar-refractivity contribution in [2.75, 3.05) is 13.2 Å². The van der Waals surface area contributed by atoms with Gasteiger partial charge in [-0.05, 0) is 86.4 Å². The van der Waals surface area contributed by atoms with Gasteiger partial charge in [-0.3, -0.25) is 4.79 Å². The van der Waals surface area contributed by atoms with Crippen LogP contribution in [-0.2, 0) is 14.3 Å². The molecular formula is C25H42O3. The van der Waals surface area contributed by atoms with Gasteiger partial charge in [-0.25, -0.2) is 0 Å². The van der Waals surface area contributed by atoms with Crippen molar-refractivity contribution in [2.24, 2.45) is 34.5 Å². The summed E-state index contributed by atoms with van der Waals surface area (Å²) in [6.45, 7) is 11.1. The van der Waals surface area contributed by atoms with Gasteiger partial charge in [-0.2, -0.15) is 0 Å². The molecule has 4 saturated carbocycles. The summed E-state index contributed by atoms with van der Waals surface area (Å²) >= 11 is 0. The van der Waals surface area contributed by atoms with Crippen LogP contribution >= 0.6 is 0 Å². The summed E-state index contributed by atoms with van der Waals surface area (Å²) in [5, 5.41) is 0. The van der Waals surface area contributed by atoms with Crippen LogP contribution in [-0.4, -0.2) is 31.2 Å². The molecule has 0 aliphatic heterocycles. The van der Waals surface area contributed by atoms with Gasteiger partial charge in [0.25, 0.3) is 0 Å². The first-order valence-corrected chi connectivity index (χ1v) is 12.2. The zero-order chi connectivity index (χ0) is 19.9. The molecule has 160 valence electrons. The zero-order valence-electron chi connectivity index (χ0n) is 18.7. The molecule has 0 aromatic heterocycles. The van der Waals surface area contributed by atoms with E-state index in [1.165, 1.54) is 32.1 Å². The Kier molecular flexibility index (Phi) is 5.97. The van der Waals surface area contributed by atoms with Crippen LogP contribution in [0.5, 0.6) is 0 Å². The molecular weight excluding hydrogens is 348 g/mol. The topological polar surface area (TPSA) is 35.5 Å². The molecule has 0 heterocycles. The van der Waals surface area contributed by atoms with Crippen LogP contribution in [0.3, 0.4) is 0 Å². The van der Waals surface area contributed by atoms with E-state index < -0.39 is 0 Å². The molecule has 0 aromatic rings. The SMILES string of the molecule is CCCO[C@H]1CC[C@@]2(C)[C@@H](CC(=O)[C@H]3[C@H]2CC[C@]2(C)[C@@H]3CC[C@H]2OCCC)C1. The van der Waals surface area contributed by atoms with Crippen molar-refractivity contribution in [3.63, 3.8) is 0 Å². The normalized spacial score (nSPS) is 48.1. The van der Waals surface area contributed by atoms with Crippen molar-refractivity contribution in [1.29, 1.82) is 0 Å². The number of hydrogen-bond acceptors (Lipinski definition) is 3. The van der Waals surface area contributed by atoms with Crippen LogP contribution in [0.4, 0.5) is 0 Å². The predicted molar refractivity (Wildman–Crippen MR) is 112 cm³/mol. The zero-order valence-corrected chi connectivity index (χ0v) is 18.7. The third kappa shape index (κ3) is 3.29. The third-order valence-corrected chi connectivity index (χ3v) is 9.42. The van der Waals surface area contributed by atoms with E-state index in [0.717, 1.165) is 45.3 Å². The molecule has 3 nitrogen and oxygen atoms in total.